The molecule has 3 amide bonds. The molecular weight excluding hydrogens is 360 g/mol. The van der Waals surface area contributed by atoms with Crippen LogP contribution in [0, 0.1) is 0 Å². The Balaban J connectivity index is 1.28. The third-order valence-electron chi connectivity index (χ3n) is 6.18. The van der Waals surface area contributed by atoms with Crippen molar-refractivity contribution in [3.05, 3.63) is 34.9 Å². The van der Waals surface area contributed by atoms with Crippen LogP contribution in [-0.2, 0) is 27.4 Å². The average molecular weight is 384 g/mol. The number of nitrogens with one attached hydrogen (secondary N) is 2. The second kappa shape index (κ2) is 6.95. The number of piperidine rings is 1. The SMILES string of the molecule is O=C1CCC(N2Cc3cc(CN4CC5NCCOC5C4)ccc3C2=O)C(=O)N1. The van der Waals surface area contributed by atoms with E-state index in [1.54, 1.807) is 4.90 Å². The fraction of sp³-hybridized carbons (Fsp3) is 0.550. The van der Waals surface area contributed by atoms with Gasteiger partial charge < -0.3 is 15.0 Å². The highest BCUT2D eigenvalue weighted by Gasteiger charge is 2.39. The number of benzene rings is 1. The normalized spacial score (nSPS) is 30.4. The predicted molar refractivity (Wildman–Crippen MR) is 99.3 cm³/mol. The lowest BCUT2D eigenvalue weighted by Gasteiger charge is -2.29. The molecule has 3 atom stereocenters. The molecule has 0 radical (unpaired) electrons. The molecule has 5 rings (SSSR count). The zero-order chi connectivity index (χ0) is 19.3. The van der Waals surface area contributed by atoms with Crippen LogP contribution in [0.3, 0.4) is 0 Å². The summed E-state index contributed by atoms with van der Waals surface area (Å²) in [6.45, 7) is 4.79. The van der Waals surface area contributed by atoms with Gasteiger partial charge in [0.05, 0.1) is 12.7 Å². The Kier molecular flexibility index (Phi) is 4.41. The number of likely N-dealkylation sites (tertiary alicyclic amines) is 1. The molecule has 8 nitrogen and oxygen atoms in total. The molecule has 0 spiro atoms. The van der Waals surface area contributed by atoms with Crippen molar-refractivity contribution >= 4 is 17.7 Å². The van der Waals surface area contributed by atoms with Crippen molar-refractivity contribution in [2.75, 3.05) is 26.2 Å². The average Bonchev–Trinajstić information content (AvgIpc) is 3.22. The Hall–Kier alpha value is -2.29. The van der Waals surface area contributed by atoms with E-state index in [-0.39, 0.29) is 30.2 Å². The third-order valence-corrected chi connectivity index (χ3v) is 6.18. The van der Waals surface area contributed by atoms with Crippen molar-refractivity contribution < 1.29 is 19.1 Å². The summed E-state index contributed by atoms with van der Waals surface area (Å²) in [7, 11) is 0. The van der Waals surface area contributed by atoms with E-state index in [0.717, 1.165) is 43.9 Å². The largest absolute Gasteiger partial charge is 0.374 e. The molecule has 0 bridgehead atoms. The van der Waals surface area contributed by atoms with Crippen molar-refractivity contribution in [3.63, 3.8) is 0 Å². The van der Waals surface area contributed by atoms with Gasteiger partial charge >= 0.3 is 0 Å². The molecule has 8 heteroatoms. The van der Waals surface area contributed by atoms with Gasteiger partial charge in [0.1, 0.15) is 6.04 Å². The molecule has 28 heavy (non-hydrogen) atoms. The molecule has 1 aromatic carbocycles. The number of amides is 3. The minimum atomic E-state index is -0.564. The summed E-state index contributed by atoms with van der Waals surface area (Å²) in [6.07, 6.45) is 0.920. The highest BCUT2D eigenvalue weighted by Crippen LogP contribution is 2.29. The quantitative estimate of drug-likeness (QED) is 0.691. The molecule has 0 aliphatic carbocycles. The Labute approximate surface area is 163 Å². The van der Waals surface area contributed by atoms with Crippen molar-refractivity contribution in [3.8, 4) is 0 Å². The summed E-state index contributed by atoms with van der Waals surface area (Å²) in [5.74, 6) is -0.761. The monoisotopic (exact) mass is 384 g/mol. The van der Waals surface area contributed by atoms with E-state index < -0.39 is 6.04 Å². The van der Waals surface area contributed by atoms with Crippen molar-refractivity contribution in [1.82, 2.24) is 20.4 Å². The lowest BCUT2D eigenvalue weighted by molar-refractivity contribution is -0.136. The first-order chi connectivity index (χ1) is 13.6. The second-order valence-electron chi connectivity index (χ2n) is 8.06. The maximum Gasteiger partial charge on any atom is 0.255 e. The van der Waals surface area contributed by atoms with Crippen LogP contribution in [0.15, 0.2) is 18.2 Å². The van der Waals surface area contributed by atoms with Gasteiger partial charge in [0.25, 0.3) is 5.91 Å². The highest BCUT2D eigenvalue weighted by molar-refractivity contribution is 6.05. The summed E-state index contributed by atoms with van der Waals surface area (Å²) in [4.78, 5) is 40.3. The maximum atomic E-state index is 12.8. The van der Waals surface area contributed by atoms with E-state index in [4.69, 9.17) is 4.74 Å². The Morgan fingerprint density at radius 2 is 2.07 bits per heavy atom. The molecule has 4 aliphatic rings. The van der Waals surface area contributed by atoms with Crippen LogP contribution < -0.4 is 10.6 Å². The van der Waals surface area contributed by atoms with Crippen LogP contribution in [0.25, 0.3) is 0 Å². The number of carbonyl (C=O) groups excluding carboxylic acids is 3. The van der Waals surface area contributed by atoms with Crippen molar-refractivity contribution in [2.24, 2.45) is 0 Å². The van der Waals surface area contributed by atoms with Crippen LogP contribution in [0.2, 0.25) is 0 Å². The van der Waals surface area contributed by atoms with Gasteiger partial charge in [0.2, 0.25) is 11.8 Å². The van der Waals surface area contributed by atoms with Gasteiger partial charge in [0, 0.05) is 50.7 Å². The Bertz CT molecular complexity index is 827. The summed E-state index contributed by atoms with van der Waals surface area (Å²) >= 11 is 0. The Morgan fingerprint density at radius 1 is 1.18 bits per heavy atom. The van der Waals surface area contributed by atoms with Gasteiger partial charge in [-0.05, 0) is 23.6 Å². The van der Waals surface area contributed by atoms with E-state index in [1.165, 1.54) is 0 Å². The van der Waals surface area contributed by atoms with Gasteiger partial charge in [-0.3, -0.25) is 24.6 Å². The first-order valence-electron chi connectivity index (χ1n) is 9.92. The minimum absolute atomic E-state index is 0.124. The van der Waals surface area contributed by atoms with Crippen LogP contribution in [-0.4, -0.2) is 72.0 Å². The Morgan fingerprint density at radius 3 is 2.89 bits per heavy atom. The molecule has 4 heterocycles. The minimum Gasteiger partial charge on any atom is -0.374 e. The molecule has 1 aromatic rings. The van der Waals surface area contributed by atoms with Crippen LogP contribution in [0.4, 0.5) is 0 Å². The number of nitrogens with zero attached hydrogens (tertiary/aromatic N) is 2. The second-order valence-corrected chi connectivity index (χ2v) is 8.06. The molecule has 148 valence electrons. The number of hydrogen-bond acceptors (Lipinski definition) is 6. The summed E-state index contributed by atoms with van der Waals surface area (Å²) in [5.41, 5.74) is 2.78. The van der Waals surface area contributed by atoms with E-state index >= 15 is 0 Å². The van der Waals surface area contributed by atoms with Gasteiger partial charge in [0.15, 0.2) is 0 Å². The van der Waals surface area contributed by atoms with E-state index in [0.29, 0.717) is 24.6 Å². The van der Waals surface area contributed by atoms with Gasteiger partial charge in [-0.2, -0.15) is 0 Å². The number of ether oxygens (including phenoxy) is 1. The fourth-order valence-electron chi connectivity index (χ4n) is 4.78. The number of rotatable bonds is 3. The topological polar surface area (TPSA) is 91.0 Å². The van der Waals surface area contributed by atoms with Gasteiger partial charge in [-0.15, -0.1) is 0 Å². The molecule has 4 aliphatic heterocycles. The maximum absolute atomic E-state index is 12.8. The molecule has 3 saturated heterocycles. The number of morpholine rings is 1. The van der Waals surface area contributed by atoms with E-state index in [2.05, 4.69) is 21.6 Å². The van der Waals surface area contributed by atoms with Crippen LogP contribution in [0.1, 0.15) is 34.3 Å². The number of fused-ring (bicyclic) bond motifs is 2. The first-order valence-corrected chi connectivity index (χ1v) is 9.92. The fourth-order valence-corrected chi connectivity index (χ4v) is 4.78. The summed E-state index contributed by atoms with van der Waals surface area (Å²) in [5, 5.41) is 5.86. The molecule has 2 N–H and O–H groups in total. The first kappa shape index (κ1) is 17.8. The standard InChI is InChI=1S/C20H24N4O4/c25-18-4-3-16(19(26)22-18)24-9-13-7-12(1-2-14(13)20(24)27)8-23-10-15-17(11-23)28-6-5-21-15/h1-2,7,15-17,21H,3-6,8-11H2,(H,22,25,26). The van der Waals surface area contributed by atoms with Gasteiger partial charge in [-0.1, -0.05) is 12.1 Å². The number of imide groups is 1. The molecule has 3 fully saturated rings. The third kappa shape index (κ3) is 3.11. The number of hydrogen-bond donors (Lipinski definition) is 2. The zero-order valence-corrected chi connectivity index (χ0v) is 15.6. The zero-order valence-electron chi connectivity index (χ0n) is 15.6. The summed E-state index contributed by atoms with van der Waals surface area (Å²) in [6, 6.07) is 5.78. The van der Waals surface area contributed by atoms with E-state index in [1.807, 2.05) is 12.1 Å². The van der Waals surface area contributed by atoms with Crippen LogP contribution >= 0.6 is 0 Å². The smallest absolute Gasteiger partial charge is 0.255 e. The lowest BCUT2D eigenvalue weighted by atomic mass is 10.0. The van der Waals surface area contributed by atoms with Crippen molar-refractivity contribution in [1.29, 1.82) is 0 Å². The molecule has 0 aromatic heterocycles. The molecular formula is C20H24N4O4. The number of carbonyl (C=O) groups is 3. The van der Waals surface area contributed by atoms with Crippen molar-refractivity contribution in [2.45, 2.75) is 44.1 Å². The molecule has 0 saturated carbocycles. The summed E-state index contributed by atoms with van der Waals surface area (Å²) < 4.78 is 5.84. The van der Waals surface area contributed by atoms with E-state index in [9.17, 15) is 14.4 Å². The molecule has 3 unspecified atom stereocenters. The van der Waals surface area contributed by atoms with Crippen LogP contribution in [0.5, 0.6) is 0 Å². The van der Waals surface area contributed by atoms with Gasteiger partial charge in [-0.25, -0.2) is 0 Å². The highest BCUT2D eigenvalue weighted by atomic mass is 16.5. The predicted octanol–water partition coefficient (Wildman–Crippen LogP) is -0.380. The lowest BCUT2D eigenvalue weighted by Crippen LogP contribution is -2.52.